The summed E-state index contributed by atoms with van der Waals surface area (Å²) in [5, 5.41) is 34.0. The third-order valence-corrected chi connectivity index (χ3v) is 20.8. The summed E-state index contributed by atoms with van der Waals surface area (Å²) in [7, 11) is 6.43. The van der Waals surface area contributed by atoms with Crippen molar-refractivity contribution < 1.29 is 28.7 Å². The molecule has 0 atom stereocenters. The van der Waals surface area contributed by atoms with Gasteiger partial charge in [-0.3, -0.25) is 24.0 Å². The lowest BCUT2D eigenvalue weighted by Crippen LogP contribution is -2.44. The Morgan fingerprint density at radius 1 is 0.352 bits per heavy atom. The molecule has 0 saturated carbocycles. The number of likely N-dealkylation sites (N-methyl/N-ethyl adjacent to an activating group) is 3. The van der Waals surface area contributed by atoms with Crippen LogP contribution in [0.1, 0.15) is 37.4 Å². The van der Waals surface area contributed by atoms with E-state index in [2.05, 4.69) is 195 Å². The van der Waals surface area contributed by atoms with Gasteiger partial charge in [0.1, 0.15) is 39.3 Å². The van der Waals surface area contributed by atoms with Gasteiger partial charge >= 0.3 is 0 Å². The van der Waals surface area contributed by atoms with Crippen molar-refractivity contribution >= 4 is 156 Å². The molecule has 0 unspecified atom stereocenters. The highest BCUT2D eigenvalue weighted by Gasteiger charge is 2.24. The summed E-state index contributed by atoms with van der Waals surface area (Å²) in [6.07, 6.45) is 8.09. The third kappa shape index (κ3) is 24.9. The minimum Gasteiger partial charge on any atom is -0.457 e. The van der Waals surface area contributed by atoms with Gasteiger partial charge in [-0.25, -0.2) is 15.0 Å². The molecule has 125 heavy (non-hydrogen) atoms. The average molecular weight is 1700 g/mol. The molecule has 29 nitrogen and oxygen atoms in total. The second-order valence-electron chi connectivity index (χ2n) is 30.0. The summed E-state index contributed by atoms with van der Waals surface area (Å²) in [5.41, 5.74) is 14.1. The van der Waals surface area contributed by atoms with Crippen LogP contribution in [0.2, 0.25) is 5.02 Å². The van der Waals surface area contributed by atoms with E-state index in [1.54, 1.807) is 66.7 Å². The summed E-state index contributed by atoms with van der Waals surface area (Å²) in [5.74, 6) is 1.47. The van der Waals surface area contributed by atoms with Crippen LogP contribution < -0.4 is 77.9 Å². The first kappa shape index (κ1) is 87.8. The molecule has 0 spiro atoms. The lowest BCUT2D eigenvalue weighted by molar-refractivity contribution is -0.112. The molecule has 15 rings (SSSR count). The minimum absolute atomic E-state index is 0.195. The molecule has 3 aromatic heterocycles. The molecule has 3 aliphatic heterocycles. The Kier molecular flexibility index (Phi) is 29.8. The predicted molar refractivity (Wildman–Crippen MR) is 505 cm³/mol. The number of benzene rings is 9. The molecule has 5 amide bonds. The minimum atomic E-state index is -0.426. The molecular formula is C95H100ClN23O6. The van der Waals surface area contributed by atoms with Gasteiger partial charge in [0.05, 0.1) is 40.3 Å². The van der Waals surface area contributed by atoms with Crippen molar-refractivity contribution in [3.05, 3.63) is 302 Å². The van der Waals surface area contributed by atoms with Gasteiger partial charge in [-0.1, -0.05) is 92.0 Å². The van der Waals surface area contributed by atoms with Crippen LogP contribution in [0.3, 0.4) is 0 Å². The zero-order chi connectivity index (χ0) is 87.7. The van der Waals surface area contributed by atoms with E-state index in [1.165, 1.54) is 48.2 Å². The van der Waals surface area contributed by atoms with Crippen LogP contribution in [0.5, 0.6) is 11.5 Å². The summed E-state index contributed by atoms with van der Waals surface area (Å²) in [6.45, 7) is 28.7. The molecule has 30 heteroatoms. The molecule has 0 aliphatic carbocycles. The van der Waals surface area contributed by atoms with Gasteiger partial charge < -0.3 is 92.6 Å². The highest BCUT2D eigenvalue weighted by Crippen LogP contribution is 2.36. The van der Waals surface area contributed by atoms with Crippen molar-refractivity contribution in [3.63, 3.8) is 0 Å². The third-order valence-electron chi connectivity index (χ3n) is 20.6. The van der Waals surface area contributed by atoms with Crippen molar-refractivity contribution in [1.82, 2.24) is 44.6 Å². The number of carbonyl (C=O) groups is 5. The summed E-state index contributed by atoms with van der Waals surface area (Å²) in [6, 6.07) is 66.7. The number of nitrogens with zero attached hydrogens (tertiary/aromatic N) is 12. The SMILES string of the molecule is C=CC(=O)Nc1cccc(C)c1Nc1nc(Nc2ccc(N3CCN(C)CC3)cc2)ncc1Cl.C=CC(=O)Nc1ccccc1Nc1nc(Nc2ccc(N3CCN(C)CC3)cc2)ncc1C(=O)Nc1cc(C)cc(C)c1.C=CC(=O)Nc1ccccc1Nc1nc(Nc2ccc(N3CCN(C)CC3)cc2)ncc1C(=O)Nc1ccc(Oc2ccccc2)cc1. The predicted octanol–water partition coefficient (Wildman–Crippen LogP) is 17.4. The molecule has 11 N–H and O–H groups in total. The number of carbonyl (C=O) groups excluding carboxylic acids is 5. The molecule has 3 saturated heterocycles. The van der Waals surface area contributed by atoms with E-state index in [-0.39, 0.29) is 52.3 Å². The Balaban J connectivity index is 0.000000163. The van der Waals surface area contributed by atoms with Crippen LogP contribution in [0.4, 0.5) is 115 Å². The number of anilines is 20. The van der Waals surface area contributed by atoms with Gasteiger partial charge in [-0.15, -0.1) is 0 Å². The molecule has 0 bridgehead atoms. The maximum absolute atomic E-state index is 13.6. The van der Waals surface area contributed by atoms with Crippen LogP contribution in [0, 0.1) is 20.8 Å². The fourth-order valence-corrected chi connectivity index (χ4v) is 13.8. The van der Waals surface area contributed by atoms with Gasteiger partial charge in [0.25, 0.3) is 11.8 Å². The summed E-state index contributed by atoms with van der Waals surface area (Å²) >= 11 is 6.38. The maximum atomic E-state index is 13.6. The summed E-state index contributed by atoms with van der Waals surface area (Å²) in [4.78, 5) is 104. The molecule has 3 fully saturated rings. The monoisotopic (exact) mass is 1690 g/mol. The molecule has 3 aliphatic rings. The lowest BCUT2D eigenvalue weighted by atomic mass is 10.1. The number of halogens is 1. The highest BCUT2D eigenvalue weighted by molar-refractivity contribution is 6.33. The number of piperazine rings is 3. The molecule has 9 aromatic carbocycles. The van der Waals surface area contributed by atoms with E-state index in [0.29, 0.717) is 79.7 Å². The van der Waals surface area contributed by atoms with Crippen molar-refractivity contribution in [3.8, 4) is 11.5 Å². The second kappa shape index (κ2) is 42.5. The number of rotatable bonds is 27. The van der Waals surface area contributed by atoms with Gasteiger partial charge in [-0.05, 0) is 228 Å². The number of hydrogen-bond donors (Lipinski definition) is 11. The number of nitrogens with one attached hydrogen (secondary N) is 11. The molecule has 638 valence electrons. The Morgan fingerprint density at radius 2 is 0.704 bits per heavy atom. The topological polar surface area (TPSA) is 324 Å². The van der Waals surface area contributed by atoms with Gasteiger partial charge in [0, 0.05) is 136 Å². The highest BCUT2D eigenvalue weighted by atomic mass is 35.5. The number of ether oxygens (including phenoxy) is 1. The molecule has 6 heterocycles. The largest absolute Gasteiger partial charge is 0.457 e. The number of aromatic nitrogens is 6. The smallest absolute Gasteiger partial charge is 0.261 e. The molecule has 0 radical (unpaired) electrons. The first-order chi connectivity index (χ1) is 60.6. The van der Waals surface area contributed by atoms with Gasteiger partial charge in [-0.2, -0.15) is 15.0 Å². The van der Waals surface area contributed by atoms with Crippen molar-refractivity contribution in [2.24, 2.45) is 0 Å². The van der Waals surface area contributed by atoms with E-state index in [0.717, 1.165) is 118 Å². The van der Waals surface area contributed by atoms with Crippen LogP contribution in [-0.2, 0) is 14.4 Å². The lowest BCUT2D eigenvalue weighted by Gasteiger charge is -2.34. The zero-order valence-electron chi connectivity index (χ0n) is 70.5. The van der Waals surface area contributed by atoms with Crippen LogP contribution in [0.15, 0.2) is 269 Å². The van der Waals surface area contributed by atoms with E-state index in [4.69, 9.17) is 16.3 Å². The van der Waals surface area contributed by atoms with E-state index in [9.17, 15) is 24.0 Å². The molecule has 12 aromatic rings. The number of amides is 5. The summed E-state index contributed by atoms with van der Waals surface area (Å²) < 4.78 is 5.87. The Labute approximate surface area is 732 Å². The van der Waals surface area contributed by atoms with Crippen molar-refractivity contribution in [1.29, 1.82) is 0 Å². The first-order valence-electron chi connectivity index (χ1n) is 40.7. The first-order valence-corrected chi connectivity index (χ1v) is 41.1. The van der Waals surface area contributed by atoms with E-state index < -0.39 is 5.91 Å². The Hall–Kier alpha value is -15.0. The Morgan fingerprint density at radius 3 is 1.12 bits per heavy atom. The zero-order valence-corrected chi connectivity index (χ0v) is 71.2. The fraction of sp³-hybridized carbons (Fsp3) is 0.189. The van der Waals surface area contributed by atoms with Gasteiger partial charge in [0.2, 0.25) is 35.6 Å². The Bertz CT molecular complexity index is 5770. The van der Waals surface area contributed by atoms with Crippen molar-refractivity contribution in [2.75, 3.05) is 173 Å². The van der Waals surface area contributed by atoms with Crippen LogP contribution >= 0.6 is 11.6 Å². The maximum Gasteiger partial charge on any atom is 0.261 e. The number of aryl methyl sites for hydroxylation is 3. The van der Waals surface area contributed by atoms with E-state index in [1.807, 2.05) is 130 Å². The van der Waals surface area contributed by atoms with Gasteiger partial charge in [0.15, 0.2) is 5.82 Å². The van der Waals surface area contributed by atoms with E-state index >= 15 is 0 Å². The number of hydrogen-bond acceptors (Lipinski definition) is 24. The number of para-hydroxylation sites is 6. The standard InChI is InChI=1S/C37H36N8O3.C33H36N8O2.C25H28ClN7O/c1-3-34(46)41-32-11-7-8-12-33(32)42-35-31(36(47)39-26-15-19-30(20-16-26)48-29-9-5-4-6-10-29)25-38-37(43-35)40-27-13-17-28(18-14-27)45-23-21-44(2)22-24-45;1-5-30(42)37-28-8-6-7-9-29(28)38-31-27(32(43)35-25-19-22(2)18-23(3)20-25)21-34-33(39-31)36-24-10-12-26(13-11-24)41-16-14-40(4)15-17-41;1-4-22(34)29-21-7-5-6-17(2)23(21)30-24-20(26)16-27-25(31-24)28-18-8-10-19(11-9-18)33-14-12-32(3)13-15-33/h3-20,25H,1,21-24H2,2H3,(H,39,47)(H,41,46)(H2,38,40,42,43);5-13,18-21H,1,14-17H2,2-4H3,(H,35,43)(H,37,42)(H2,34,36,38,39);4-11,16H,1,12-15H2,2-3H3,(H,29,34)(H2,27,28,30,31). The fourth-order valence-electron chi connectivity index (χ4n) is 13.7. The normalized spacial score (nSPS) is 13.3. The van der Waals surface area contributed by atoms with Crippen LogP contribution in [-0.4, -0.2) is 174 Å². The average Bonchev–Trinajstić information content (AvgIpc) is 0.811. The quantitative estimate of drug-likeness (QED) is 0.0213. The molecular weight excluding hydrogens is 1590 g/mol. The van der Waals surface area contributed by atoms with Crippen molar-refractivity contribution in [2.45, 2.75) is 20.8 Å². The second-order valence-corrected chi connectivity index (χ2v) is 30.4. The van der Waals surface area contributed by atoms with Crippen LogP contribution in [0.25, 0.3) is 0 Å².